The van der Waals surface area contributed by atoms with Gasteiger partial charge < -0.3 is 30.3 Å². The number of nitrogens with one attached hydrogen (secondary N) is 2. The first-order valence-corrected chi connectivity index (χ1v) is 11.9. The van der Waals surface area contributed by atoms with E-state index < -0.39 is 0 Å². The second-order valence-corrected chi connectivity index (χ2v) is 10.0. The van der Waals surface area contributed by atoms with Gasteiger partial charge in [0.2, 0.25) is 0 Å². The van der Waals surface area contributed by atoms with Crippen molar-refractivity contribution in [3.63, 3.8) is 0 Å². The molecule has 2 heterocycles. The van der Waals surface area contributed by atoms with Crippen LogP contribution >= 0.6 is 48.0 Å². The van der Waals surface area contributed by atoms with Crippen LogP contribution in [0.15, 0.2) is 46.2 Å². The molecule has 2 amide bonds. The second kappa shape index (κ2) is 11.4. The number of thiocarbonyl (C=S) groups is 2. The van der Waals surface area contributed by atoms with Crippen LogP contribution in [0.5, 0.6) is 23.0 Å². The lowest BCUT2D eigenvalue weighted by Crippen LogP contribution is -2.17. The Balaban J connectivity index is 0.000000191. The summed E-state index contributed by atoms with van der Waals surface area (Å²) in [5.41, 5.74) is 1.53. The molecule has 0 unspecified atom stereocenters. The molecule has 2 aliphatic rings. The summed E-state index contributed by atoms with van der Waals surface area (Å²) >= 11 is 12.2. The number of hydrogen-bond donors (Lipinski definition) is 4. The Labute approximate surface area is 214 Å². The summed E-state index contributed by atoms with van der Waals surface area (Å²) in [4.78, 5) is 23.9. The number of carbonyl (C=O) groups is 2. The summed E-state index contributed by atoms with van der Waals surface area (Å²) in [6.45, 7) is 0. The van der Waals surface area contributed by atoms with E-state index in [0.717, 1.165) is 11.1 Å². The van der Waals surface area contributed by atoms with Gasteiger partial charge in [0.15, 0.2) is 23.0 Å². The predicted octanol–water partition coefficient (Wildman–Crippen LogP) is 3.78. The van der Waals surface area contributed by atoms with E-state index in [1.54, 1.807) is 36.4 Å². The minimum absolute atomic E-state index is 0.0636. The van der Waals surface area contributed by atoms with E-state index in [1.807, 2.05) is 0 Å². The van der Waals surface area contributed by atoms with Crippen LogP contribution in [-0.2, 0) is 9.59 Å². The molecule has 4 N–H and O–H groups in total. The first kappa shape index (κ1) is 25.6. The topological polar surface area (TPSA) is 117 Å². The molecule has 176 valence electrons. The van der Waals surface area contributed by atoms with E-state index in [2.05, 4.69) is 10.6 Å². The average Bonchev–Trinajstić information content (AvgIpc) is 3.29. The highest BCUT2D eigenvalue weighted by atomic mass is 32.2. The Morgan fingerprint density at radius 3 is 1.44 bits per heavy atom. The molecule has 8 nitrogen and oxygen atoms in total. The summed E-state index contributed by atoms with van der Waals surface area (Å²) in [7, 11) is 2.94. The lowest BCUT2D eigenvalue weighted by Gasteiger charge is -2.03. The zero-order valence-electron chi connectivity index (χ0n) is 17.8. The lowest BCUT2D eigenvalue weighted by atomic mass is 10.2. The summed E-state index contributed by atoms with van der Waals surface area (Å²) in [5.74, 6) is 0.456. The van der Waals surface area contributed by atoms with Crippen molar-refractivity contribution in [2.45, 2.75) is 0 Å². The van der Waals surface area contributed by atoms with Crippen molar-refractivity contribution in [1.29, 1.82) is 0 Å². The molecule has 2 aromatic rings. The standard InChI is InChI=1S/2C11H9NO3S2/c2*1-15-8-4-6(2-3-7(8)13)5-9-10(14)12-11(16)17-9/h2*2-5,13H,1H3,(H,12,14,16)/b2*9-5-. The van der Waals surface area contributed by atoms with Crippen LogP contribution in [0.3, 0.4) is 0 Å². The van der Waals surface area contributed by atoms with E-state index in [9.17, 15) is 19.8 Å². The molecule has 2 saturated heterocycles. The normalized spacial score (nSPS) is 17.4. The van der Waals surface area contributed by atoms with Crippen LogP contribution in [-0.4, -0.2) is 44.9 Å². The van der Waals surface area contributed by atoms with Gasteiger partial charge in [0.05, 0.1) is 24.0 Å². The molecular weight excluding hydrogens is 517 g/mol. The van der Waals surface area contributed by atoms with Crippen molar-refractivity contribution < 1.29 is 29.3 Å². The highest BCUT2D eigenvalue weighted by Crippen LogP contribution is 2.31. The molecule has 2 aromatic carbocycles. The van der Waals surface area contributed by atoms with E-state index >= 15 is 0 Å². The summed E-state index contributed by atoms with van der Waals surface area (Å²) < 4.78 is 10.9. The Bertz CT molecular complexity index is 1150. The number of phenols is 2. The van der Waals surface area contributed by atoms with Crippen molar-refractivity contribution in [1.82, 2.24) is 10.6 Å². The van der Waals surface area contributed by atoms with E-state index in [4.69, 9.17) is 33.9 Å². The van der Waals surface area contributed by atoms with E-state index in [0.29, 0.717) is 30.0 Å². The number of phenolic OH excluding ortho intramolecular Hbond substituents is 2. The number of methoxy groups -OCH3 is 2. The first-order valence-electron chi connectivity index (χ1n) is 9.44. The van der Waals surface area contributed by atoms with Crippen LogP contribution in [0.1, 0.15) is 11.1 Å². The van der Waals surface area contributed by atoms with Gasteiger partial charge in [-0.3, -0.25) is 9.59 Å². The van der Waals surface area contributed by atoms with Gasteiger partial charge in [0.1, 0.15) is 8.64 Å². The zero-order chi connectivity index (χ0) is 24.8. The van der Waals surface area contributed by atoms with Crippen molar-refractivity contribution in [2.24, 2.45) is 0 Å². The molecule has 0 radical (unpaired) electrons. The van der Waals surface area contributed by atoms with Gasteiger partial charge >= 0.3 is 0 Å². The second-order valence-electron chi connectivity index (χ2n) is 6.57. The van der Waals surface area contributed by atoms with Crippen molar-refractivity contribution in [3.8, 4) is 23.0 Å². The van der Waals surface area contributed by atoms with Crippen LogP contribution in [0.4, 0.5) is 0 Å². The molecule has 0 atom stereocenters. The third-order valence-corrected chi connectivity index (χ3v) is 6.61. The van der Waals surface area contributed by atoms with Gasteiger partial charge in [-0.1, -0.05) is 60.1 Å². The quantitative estimate of drug-likeness (QED) is 0.341. The summed E-state index contributed by atoms with van der Waals surface area (Å²) in [5, 5.41) is 23.9. The molecule has 2 fully saturated rings. The predicted molar refractivity (Wildman–Crippen MR) is 142 cm³/mol. The molecule has 34 heavy (non-hydrogen) atoms. The highest BCUT2D eigenvalue weighted by Gasteiger charge is 2.22. The molecule has 12 heteroatoms. The fourth-order valence-electron chi connectivity index (χ4n) is 2.71. The third-order valence-electron chi connectivity index (χ3n) is 4.29. The maximum atomic E-state index is 11.4. The number of thioether (sulfide) groups is 2. The van der Waals surface area contributed by atoms with Gasteiger partial charge in [-0.25, -0.2) is 0 Å². The largest absolute Gasteiger partial charge is 0.504 e. The number of carbonyl (C=O) groups excluding carboxylic acids is 2. The van der Waals surface area contributed by atoms with E-state index in [1.165, 1.54) is 49.9 Å². The van der Waals surface area contributed by atoms with Gasteiger partial charge in [0, 0.05) is 0 Å². The van der Waals surface area contributed by atoms with Crippen molar-refractivity contribution >= 4 is 80.6 Å². The molecule has 0 aromatic heterocycles. The Morgan fingerprint density at radius 1 is 0.765 bits per heavy atom. The Kier molecular flexibility index (Phi) is 8.56. The molecule has 0 spiro atoms. The van der Waals surface area contributed by atoms with Gasteiger partial charge in [-0.15, -0.1) is 0 Å². The SMILES string of the molecule is COc1cc(/C=C2\SC(=S)NC2=O)ccc1O.COc1cc(/C=C2\SC(=S)NC2=O)ccc1O. The van der Waals surface area contributed by atoms with Gasteiger partial charge in [-0.05, 0) is 47.5 Å². The number of aromatic hydroxyl groups is 2. The van der Waals surface area contributed by atoms with Gasteiger partial charge in [-0.2, -0.15) is 0 Å². The maximum Gasteiger partial charge on any atom is 0.263 e. The fourth-order valence-corrected chi connectivity index (χ4v) is 4.80. The summed E-state index contributed by atoms with van der Waals surface area (Å²) in [6.07, 6.45) is 3.39. The van der Waals surface area contributed by atoms with Crippen molar-refractivity contribution in [3.05, 3.63) is 57.3 Å². The van der Waals surface area contributed by atoms with Crippen LogP contribution in [0.25, 0.3) is 12.2 Å². The van der Waals surface area contributed by atoms with Crippen LogP contribution in [0, 0.1) is 0 Å². The Morgan fingerprint density at radius 2 is 1.15 bits per heavy atom. The van der Waals surface area contributed by atoms with Crippen LogP contribution < -0.4 is 20.1 Å². The zero-order valence-corrected chi connectivity index (χ0v) is 21.0. The number of ether oxygens (including phenoxy) is 2. The highest BCUT2D eigenvalue weighted by molar-refractivity contribution is 8.27. The molecular formula is C22H18N2O6S4. The monoisotopic (exact) mass is 534 g/mol. The van der Waals surface area contributed by atoms with Crippen molar-refractivity contribution in [2.75, 3.05) is 14.2 Å². The first-order chi connectivity index (χ1) is 16.2. The number of benzene rings is 2. The number of hydrogen-bond acceptors (Lipinski definition) is 10. The maximum absolute atomic E-state index is 11.4. The number of amides is 2. The molecule has 4 rings (SSSR count). The summed E-state index contributed by atoms with van der Waals surface area (Å²) in [6, 6.07) is 9.72. The lowest BCUT2D eigenvalue weighted by molar-refractivity contribution is -0.116. The average molecular weight is 535 g/mol. The smallest absolute Gasteiger partial charge is 0.263 e. The Hall–Kier alpha value is -3.06. The molecule has 0 saturated carbocycles. The number of rotatable bonds is 4. The molecule has 0 aliphatic carbocycles. The van der Waals surface area contributed by atoms with E-state index in [-0.39, 0.29) is 23.3 Å². The van der Waals surface area contributed by atoms with Gasteiger partial charge in [0.25, 0.3) is 11.8 Å². The fraction of sp³-hybridized carbons (Fsp3) is 0.0909. The molecule has 0 bridgehead atoms. The molecule has 2 aliphatic heterocycles. The van der Waals surface area contributed by atoms with Crippen LogP contribution in [0.2, 0.25) is 0 Å². The minimum atomic E-state index is -0.202. The third kappa shape index (κ3) is 6.50. The minimum Gasteiger partial charge on any atom is -0.504 e.